The van der Waals surface area contributed by atoms with Crippen molar-refractivity contribution in [2.75, 3.05) is 13.1 Å². The lowest BCUT2D eigenvalue weighted by Crippen LogP contribution is -2.39. The van der Waals surface area contributed by atoms with Crippen LogP contribution in [-0.2, 0) is 11.3 Å². The summed E-state index contributed by atoms with van der Waals surface area (Å²) in [4.78, 5) is 13.8. The molecule has 1 aliphatic heterocycles. The molecule has 2 fully saturated rings. The average molecular weight is 304 g/mol. The van der Waals surface area contributed by atoms with Crippen LogP contribution in [0.15, 0.2) is 24.3 Å². The fraction of sp³-hybridized carbons (Fsp3) is 0.588. The summed E-state index contributed by atoms with van der Waals surface area (Å²) in [7, 11) is 0. The van der Waals surface area contributed by atoms with Crippen LogP contribution in [0.25, 0.3) is 0 Å². The Morgan fingerprint density at radius 3 is 2.64 bits per heavy atom. The van der Waals surface area contributed by atoms with Crippen molar-refractivity contribution in [2.24, 2.45) is 11.8 Å². The van der Waals surface area contributed by atoms with Crippen molar-refractivity contribution in [1.29, 1.82) is 0 Å². The van der Waals surface area contributed by atoms with Crippen LogP contribution in [0.1, 0.15) is 26.3 Å². The minimum absolute atomic E-state index is 0.202. The second-order valence-corrected chi connectivity index (χ2v) is 7.29. The van der Waals surface area contributed by atoms with Crippen molar-refractivity contribution in [3.05, 3.63) is 29.8 Å². The molecule has 1 saturated heterocycles. The van der Waals surface area contributed by atoms with Crippen molar-refractivity contribution >= 4 is 6.09 Å². The predicted molar refractivity (Wildman–Crippen MR) is 83.5 cm³/mol. The monoisotopic (exact) mass is 304 g/mol. The quantitative estimate of drug-likeness (QED) is 0.900. The molecule has 2 unspecified atom stereocenters. The predicted octanol–water partition coefficient (Wildman–Crippen LogP) is 2.35. The zero-order chi connectivity index (χ0) is 15.9. The minimum Gasteiger partial charge on any atom is -0.508 e. The Morgan fingerprint density at radius 1 is 1.36 bits per heavy atom. The zero-order valence-corrected chi connectivity index (χ0v) is 13.4. The molecule has 2 N–H and O–H groups in total. The summed E-state index contributed by atoms with van der Waals surface area (Å²) in [6.07, 6.45) is -0.202. The fourth-order valence-corrected chi connectivity index (χ4v) is 3.21. The summed E-state index contributed by atoms with van der Waals surface area (Å²) in [5.74, 6) is 1.36. The molecule has 0 aromatic heterocycles. The molecular weight excluding hydrogens is 280 g/mol. The van der Waals surface area contributed by atoms with Crippen LogP contribution in [-0.4, -0.2) is 40.8 Å². The van der Waals surface area contributed by atoms with E-state index in [2.05, 4.69) is 5.32 Å². The summed E-state index contributed by atoms with van der Waals surface area (Å²) in [6.45, 7) is 7.97. The number of likely N-dealkylation sites (tertiary alicyclic amines) is 1. The number of aromatic hydroxyl groups is 1. The molecule has 1 aromatic rings. The van der Waals surface area contributed by atoms with Gasteiger partial charge in [-0.25, -0.2) is 4.79 Å². The number of hydrogen-bond donors (Lipinski definition) is 2. The maximum atomic E-state index is 12.0. The van der Waals surface area contributed by atoms with Crippen molar-refractivity contribution in [3.8, 4) is 5.75 Å². The lowest BCUT2D eigenvalue weighted by atomic mass is 10.2. The lowest BCUT2D eigenvalue weighted by Gasteiger charge is -2.26. The molecule has 1 amide bonds. The Hall–Kier alpha value is -1.75. The Labute approximate surface area is 131 Å². The molecule has 0 radical (unpaired) electrons. The van der Waals surface area contributed by atoms with Crippen LogP contribution in [0.5, 0.6) is 5.75 Å². The number of piperidine rings is 1. The summed E-state index contributed by atoms with van der Waals surface area (Å²) < 4.78 is 5.41. The number of phenolic OH excluding ortho intramolecular Hbond substituents is 1. The normalized spacial score (nSPS) is 26.7. The van der Waals surface area contributed by atoms with E-state index in [9.17, 15) is 9.90 Å². The second kappa shape index (κ2) is 5.47. The third-order valence-electron chi connectivity index (χ3n) is 4.30. The number of fused-ring (bicyclic) bond motifs is 1. The van der Waals surface area contributed by atoms with Crippen molar-refractivity contribution in [3.63, 3.8) is 0 Å². The first kappa shape index (κ1) is 15.2. The number of benzene rings is 1. The second-order valence-electron chi connectivity index (χ2n) is 7.29. The van der Waals surface area contributed by atoms with E-state index in [4.69, 9.17) is 4.74 Å². The fourth-order valence-electron chi connectivity index (χ4n) is 3.21. The van der Waals surface area contributed by atoms with Gasteiger partial charge < -0.3 is 20.1 Å². The molecule has 0 spiro atoms. The molecule has 1 saturated carbocycles. The van der Waals surface area contributed by atoms with Gasteiger partial charge in [-0.05, 0) is 50.3 Å². The highest BCUT2D eigenvalue weighted by molar-refractivity contribution is 5.69. The number of phenols is 1. The van der Waals surface area contributed by atoms with Crippen LogP contribution in [0.3, 0.4) is 0 Å². The Kier molecular flexibility index (Phi) is 3.77. The van der Waals surface area contributed by atoms with Crippen LogP contribution < -0.4 is 5.32 Å². The van der Waals surface area contributed by atoms with Gasteiger partial charge in [0, 0.05) is 25.7 Å². The van der Waals surface area contributed by atoms with Crippen molar-refractivity contribution in [1.82, 2.24) is 10.2 Å². The third-order valence-corrected chi connectivity index (χ3v) is 4.30. The minimum atomic E-state index is -0.434. The highest BCUT2D eigenvalue weighted by Gasteiger charge is 2.56. The topological polar surface area (TPSA) is 61.8 Å². The van der Waals surface area contributed by atoms with E-state index in [0.717, 1.165) is 25.2 Å². The van der Waals surface area contributed by atoms with Gasteiger partial charge in [0.25, 0.3) is 0 Å². The number of nitrogens with one attached hydrogen (secondary N) is 1. The maximum absolute atomic E-state index is 12.0. The summed E-state index contributed by atoms with van der Waals surface area (Å²) in [6, 6.07) is 7.77. The number of rotatable bonds is 3. The van der Waals surface area contributed by atoms with E-state index in [-0.39, 0.29) is 6.09 Å². The summed E-state index contributed by atoms with van der Waals surface area (Å²) in [5.41, 5.74) is 0.644. The summed E-state index contributed by atoms with van der Waals surface area (Å²) in [5, 5.41) is 13.0. The van der Waals surface area contributed by atoms with Crippen molar-refractivity contribution in [2.45, 2.75) is 39.0 Å². The van der Waals surface area contributed by atoms with Gasteiger partial charge in [-0.15, -0.1) is 0 Å². The molecule has 1 aliphatic carbocycles. The lowest BCUT2D eigenvalue weighted by molar-refractivity contribution is 0.0269. The van der Waals surface area contributed by atoms with Gasteiger partial charge in [-0.3, -0.25) is 0 Å². The van der Waals surface area contributed by atoms with E-state index in [1.54, 1.807) is 12.1 Å². The van der Waals surface area contributed by atoms with Gasteiger partial charge in [0.15, 0.2) is 0 Å². The summed E-state index contributed by atoms with van der Waals surface area (Å²) >= 11 is 0. The number of carbonyl (C=O) groups excluding carboxylic acids is 1. The number of ether oxygens (including phenoxy) is 1. The first-order valence-corrected chi connectivity index (χ1v) is 7.83. The molecule has 0 bridgehead atoms. The molecule has 5 heteroatoms. The van der Waals surface area contributed by atoms with Gasteiger partial charge in [-0.2, -0.15) is 0 Å². The highest BCUT2D eigenvalue weighted by Crippen LogP contribution is 2.45. The Balaban J connectivity index is 1.44. The van der Waals surface area contributed by atoms with Crippen molar-refractivity contribution < 1.29 is 14.6 Å². The molecule has 22 heavy (non-hydrogen) atoms. The van der Waals surface area contributed by atoms with Gasteiger partial charge in [0.05, 0.1) is 0 Å². The SMILES string of the molecule is CC(C)(C)OC(=O)N1CC2C(C1)C2NCc1cccc(O)c1. The van der Waals surface area contributed by atoms with Gasteiger partial charge in [0.2, 0.25) is 0 Å². The molecule has 1 heterocycles. The molecule has 1 aromatic carbocycles. The van der Waals surface area contributed by atoms with Crippen LogP contribution in [0.2, 0.25) is 0 Å². The van der Waals surface area contributed by atoms with E-state index in [1.807, 2.05) is 37.8 Å². The van der Waals surface area contributed by atoms with Gasteiger partial charge in [-0.1, -0.05) is 12.1 Å². The van der Waals surface area contributed by atoms with E-state index in [1.165, 1.54) is 0 Å². The molecule has 120 valence electrons. The first-order chi connectivity index (χ1) is 10.3. The third kappa shape index (κ3) is 3.35. The van der Waals surface area contributed by atoms with Gasteiger partial charge in [0.1, 0.15) is 11.4 Å². The molecular formula is C17H24N2O3. The smallest absolute Gasteiger partial charge is 0.410 e. The van der Waals surface area contributed by atoms with Crippen LogP contribution in [0, 0.1) is 11.8 Å². The molecule has 3 rings (SSSR count). The standard InChI is InChI=1S/C17H24N2O3/c1-17(2,3)22-16(21)19-9-13-14(10-19)15(13)18-8-11-5-4-6-12(20)7-11/h4-7,13-15,18,20H,8-10H2,1-3H3. The highest BCUT2D eigenvalue weighted by atomic mass is 16.6. The van der Waals surface area contributed by atoms with E-state index in [0.29, 0.717) is 23.6 Å². The zero-order valence-electron chi connectivity index (χ0n) is 13.4. The van der Waals surface area contributed by atoms with Gasteiger partial charge >= 0.3 is 6.09 Å². The maximum Gasteiger partial charge on any atom is 0.410 e. The number of nitrogens with zero attached hydrogens (tertiary/aromatic N) is 1. The molecule has 5 nitrogen and oxygen atoms in total. The van der Waals surface area contributed by atoms with E-state index < -0.39 is 5.60 Å². The Morgan fingerprint density at radius 2 is 2.05 bits per heavy atom. The number of carbonyl (C=O) groups is 1. The largest absolute Gasteiger partial charge is 0.508 e. The van der Waals surface area contributed by atoms with Crippen LogP contribution in [0.4, 0.5) is 4.79 Å². The average Bonchev–Trinajstić information content (AvgIpc) is 2.86. The first-order valence-electron chi connectivity index (χ1n) is 7.83. The Bertz CT molecular complexity index is 555. The molecule has 2 atom stereocenters. The molecule has 2 aliphatic rings. The number of amides is 1. The van der Waals surface area contributed by atoms with Crippen LogP contribution >= 0.6 is 0 Å². The number of hydrogen-bond acceptors (Lipinski definition) is 4. The van der Waals surface area contributed by atoms with E-state index >= 15 is 0 Å².